The molecule has 0 aliphatic heterocycles. The van der Waals surface area contributed by atoms with Crippen molar-refractivity contribution in [3.8, 4) is 5.69 Å². The van der Waals surface area contributed by atoms with Crippen LogP contribution in [0.4, 0.5) is 0 Å². The van der Waals surface area contributed by atoms with E-state index in [9.17, 15) is 0 Å². The lowest BCUT2D eigenvalue weighted by Crippen LogP contribution is -1.93. The van der Waals surface area contributed by atoms with Crippen LogP contribution in [0.25, 0.3) is 89.6 Å². The van der Waals surface area contributed by atoms with Crippen LogP contribution in [0, 0.1) is 0 Å². The summed E-state index contributed by atoms with van der Waals surface area (Å²) in [5.74, 6) is 0. The largest absolute Gasteiger partial charge is 0.353 e. The predicted molar refractivity (Wildman–Crippen MR) is 176 cm³/mol. The molecule has 0 fully saturated rings. The van der Waals surface area contributed by atoms with E-state index in [1.807, 2.05) is 22.7 Å². The minimum absolute atomic E-state index is 1.20. The maximum Gasteiger partial charge on any atom is 0.0646 e. The Hall–Kier alpha value is -4.64. The Morgan fingerprint density at radius 2 is 1.18 bits per heavy atom. The van der Waals surface area contributed by atoms with Crippen LogP contribution in [-0.4, -0.2) is 9.55 Å². The molecule has 0 spiro atoms. The maximum absolute atomic E-state index is 3.72. The number of fused-ring (bicyclic) bond motifs is 13. The molecule has 10 rings (SSSR count). The zero-order valence-corrected chi connectivity index (χ0v) is 22.9. The van der Waals surface area contributed by atoms with E-state index < -0.39 is 0 Å². The fourth-order valence-electron chi connectivity index (χ4n) is 6.74. The summed E-state index contributed by atoms with van der Waals surface area (Å²) < 4.78 is 7.78. The number of rotatable bonds is 1. The molecule has 0 saturated heterocycles. The first kappa shape index (κ1) is 21.2. The fraction of sp³-hybridized carbons (Fsp3) is 0. The van der Waals surface area contributed by atoms with Crippen molar-refractivity contribution in [3.63, 3.8) is 0 Å². The van der Waals surface area contributed by atoms with E-state index in [-0.39, 0.29) is 0 Å². The van der Waals surface area contributed by atoms with Gasteiger partial charge in [-0.1, -0.05) is 72.8 Å². The lowest BCUT2D eigenvalue weighted by atomic mass is 10.1. The number of aromatic amines is 1. The molecular weight excluding hydrogens is 525 g/mol. The second-order valence-corrected chi connectivity index (χ2v) is 12.8. The summed E-state index contributed by atoms with van der Waals surface area (Å²) >= 11 is 3.78. The van der Waals surface area contributed by atoms with Gasteiger partial charge >= 0.3 is 0 Å². The third-order valence-electron chi connectivity index (χ3n) is 8.53. The average Bonchev–Trinajstić information content (AvgIpc) is 3.74. The van der Waals surface area contributed by atoms with E-state index in [2.05, 4.69) is 125 Å². The van der Waals surface area contributed by atoms with Gasteiger partial charge in [-0.3, -0.25) is 0 Å². The van der Waals surface area contributed by atoms with E-state index in [0.29, 0.717) is 0 Å². The van der Waals surface area contributed by atoms with Crippen molar-refractivity contribution in [2.24, 2.45) is 0 Å². The Balaban J connectivity index is 1.30. The van der Waals surface area contributed by atoms with E-state index >= 15 is 0 Å². The lowest BCUT2D eigenvalue weighted by molar-refractivity contribution is 1.19. The van der Waals surface area contributed by atoms with Gasteiger partial charge in [0.05, 0.1) is 21.3 Å². The lowest BCUT2D eigenvalue weighted by Gasteiger charge is -2.08. The molecular formula is C36H20N2S2. The number of hydrogen-bond donors (Lipinski definition) is 1. The van der Waals surface area contributed by atoms with Gasteiger partial charge in [-0.05, 0) is 42.5 Å². The Kier molecular flexibility index (Phi) is 3.98. The summed E-state index contributed by atoms with van der Waals surface area (Å²) in [6.07, 6.45) is 0. The molecule has 0 amide bonds. The molecule has 4 heteroatoms. The second kappa shape index (κ2) is 7.51. The number of thiophene rings is 2. The first-order valence-corrected chi connectivity index (χ1v) is 15.2. The Morgan fingerprint density at radius 3 is 2.12 bits per heavy atom. The summed E-state index contributed by atoms with van der Waals surface area (Å²) in [5.41, 5.74) is 6.16. The van der Waals surface area contributed by atoms with Crippen LogP contribution in [0.2, 0.25) is 0 Å². The van der Waals surface area contributed by atoms with Crippen molar-refractivity contribution in [3.05, 3.63) is 115 Å². The summed E-state index contributed by atoms with van der Waals surface area (Å²) in [4.78, 5) is 3.72. The first-order valence-electron chi connectivity index (χ1n) is 13.5. The van der Waals surface area contributed by atoms with Crippen LogP contribution in [0.1, 0.15) is 0 Å². The van der Waals surface area contributed by atoms with E-state index in [4.69, 9.17) is 0 Å². The minimum atomic E-state index is 1.20. The zero-order chi connectivity index (χ0) is 25.9. The maximum atomic E-state index is 3.72. The molecule has 2 nitrogen and oxygen atoms in total. The highest BCUT2D eigenvalue weighted by molar-refractivity contribution is 7.27. The SMILES string of the molecule is c1ccc2c(c1)[nH]c1c2ccc2c3cc4c5ccccc5n(-c5ccc6c(c5)sc5ccccc56)c4cc3sc21. The van der Waals surface area contributed by atoms with Gasteiger partial charge in [0.1, 0.15) is 0 Å². The van der Waals surface area contributed by atoms with Crippen LogP contribution in [0.5, 0.6) is 0 Å². The van der Waals surface area contributed by atoms with E-state index in [0.717, 1.165) is 0 Å². The van der Waals surface area contributed by atoms with Crippen molar-refractivity contribution in [2.75, 3.05) is 0 Å². The van der Waals surface area contributed by atoms with Crippen molar-refractivity contribution in [1.29, 1.82) is 0 Å². The third kappa shape index (κ3) is 2.67. The molecule has 0 radical (unpaired) electrons. The van der Waals surface area contributed by atoms with Gasteiger partial charge in [-0.15, -0.1) is 22.7 Å². The average molecular weight is 545 g/mol. The number of nitrogens with one attached hydrogen (secondary N) is 1. The third-order valence-corrected chi connectivity index (χ3v) is 10.9. The summed E-state index contributed by atoms with van der Waals surface area (Å²) in [5, 5.41) is 10.5. The smallest absolute Gasteiger partial charge is 0.0646 e. The van der Waals surface area contributed by atoms with Crippen LogP contribution in [-0.2, 0) is 0 Å². The normalized spacial score (nSPS) is 12.5. The monoisotopic (exact) mass is 544 g/mol. The van der Waals surface area contributed by atoms with Crippen molar-refractivity contribution in [2.45, 2.75) is 0 Å². The van der Waals surface area contributed by atoms with Gasteiger partial charge in [0.25, 0.3) is 0 Å². The predicted octanol–water partition coefficient (Wildman–Crippen LogP) is 11.2. The molecule has 40 heavy (non-hydrogen) atoms. The van der Waals surface area contributed by atoms with Gasteiger partial charge < -0.3 is 9.55 Å². The number of benzene rings is 6. The Morgan fingerprint density at radius 1 is 0.450 bits per heavy atom. The van der Waals surface area contributed by atoms with Crippen molar-refractivity contribution >= 4 is 107 Å². The molecule has 0 aliphatic rings. The molecule has 4 aromatic heterocycles. The van der Waals surface area contributed by atoms with Crippen LogP contribution >= 0.6 is 22.7 Å². The van der Waals surface area contributed by atoms with Crippen molar-refractivity contribution < 1.29 is 0 Å². The standard InChI is InChI=1S/C36H20N2S2/c1-4-10-29-21(7-1)25-15-16-26-28-18-27-22-8-2-5-11-30(22)38(31(27)19-34(28)40-36(26)35(25)37-29)20-13-14-24-23-9-3-6-12-32(23)39-33(24)17-20/h1-19,37H. The van der Waals surface area contributed by atoms with Gasteiger partial charge in [-0.2, -0.15) is 0 Å². The van der Waals surface area contributed by atoms with Crippen LogP contribution < -0.4 is 0 Å². The van der Waals surface area contributed by atoms with Crippen LogP contribution in [0.3, 0.4) is 0 Å². The van der Waals surface area contributed by atoms with E-state index in [1.165, 1.54) is 89.6 Å². The van der Waals surface area contributed by atoms with Gasteiger partial charge in [-0.25, -0.2) is 0 Å². The highest BCUT2D eigenvalue weighted by Gasteiger charge is 2.18. The number of hydrogen-bond acceptors (Lipinski definition) is 2. The minimum Gasteiger partial charge on any atom is -0.353 e. The summed E-state index contributed by atoms with van der Waals surface area (Å²) in [6, 6.07) is 42.6. The molecule has 0 saturated carbocycles. The van der Waals surface area contributed by atoms with Gasteiger partial charge in [0.2, 0.25) is 0 Å². The number of H-pyrrole nitrogens is 1. The van der Waals surface area contributed by atoms with Gasteiger partial charge in [0, 0.05) is 68.4 Å². The molecule has 0 unspecified atom stereocenters. The molecule has 0 bridgehead atoms. The highest BCUT2D eigenvalue weighted by atomic mass is 32.1. The zero-order valence-electron chi connectivity index (χ0n) is 21.2. The fourth-order valence-corrected chi connectivity index (χ4v) is 9.10. The number of aromatic nitrogens is 2. The quantitative estimate of drug-likeness (QED) is 0.212. The second-order valence-electron chi connectivity index (χ2n) is 10.6. The topological polar surface area (TPSA) is 20.7 Å². The number of para-hydroxylation sites is 2. The van der Waals surface area contributed by atoms with E-state index in [1.54, 1.807) is 0 Å². The molecule has 4 heterocycles. The summed E-state index contributed by atoms with van der Waals surface area (Å²) in [7, 11) is 0. The number of nitrogens with zero attached hydrogens (tertiary/aromatic N) is 1. The highest BCUT2D eigenvalue weighted by Crippen LogP contribution is 2.44. The molecule has 0 aliphatic carbocycles. The molecule has 0 atom stereocenters. The molecule has 10 aromatic rings. The van der Waals surface area contributed by atoms with Crippen LogP contribution in [0.15, 0.2) is 115 Å². The summed E-state index contributed by atoms with van der Waals surface area (Å²) in [6.45, 7) is 0. The molecule has 186 valence electrons. The van der Waals surface area contributed by atoms with Gasteiger partial charge in [0.15, 0.2) is 0 Å². The first-order chi connectivity index (χ1) is 19.8. The molecule has 1 N–H and O–H groups in total. The van der Waals surface area contributed by atoms with Crippen molar-refractivity contribution in [1.82, 2.24) is 9.55 Å². The Labute approximate surface area is 236 Å². The molecule has 6 aromatic carbocycles. The Bertz CT molecular complexity index is 2660.